The molecule has 4 rings (SSSR count). The normalized spacial score (nSPS) is 17.4. The lowest BCUT2D eigenvalue weighted by Gasteiger charge is -2.33. The van der Waals surface area contributed by atoms with Crippen molar-refractivity contribution < 1.29 is 9.84 Å². The van der Waals surface area contributed by atoms with Gasteiger partial charge in [-0.25, -0.2) is 0 Å². The van der Waals surface area contributed by atoms with Gasteiger partial charge in [0.05, 0.1) is 6.10 Å². The third kappa shape index (κ3) is 2.93. The fourth-order valence-corrected chi connectivity index (χ4v) is 3.66. The van der Waals surface area contributed by atoms with E-state index in [1.165, 1.54) is 5.56 Å². The fourth-order valence-electron chi connectivity index (χ4n) is 3.66. The number of ether oxygens (including phenoxy) is 1. The lowest BCUT2D eigenvalue weighted by Crippen LogP contribution is -2.24. The minimum Gasteiger partial charge on any atom is -0.456 e. The molecule has 0 aliphatic carbocycles. The van der Waals surface area contributed by atoms with Crippen molar-refractivity contribution in [2.24, 2.45) is 0 Å². The van der Waals surface area contributed by atoms with Crippen molar-refractivity contribution in [1.29, 1.82) is 0 Å². The Morgan fingerprint density at radius 3 is 2.15 bits per heavy atom. The Hall–Kier alpha value is -2.84. The van der Waals surface area contributed by atoms with Crippen LogP contribution >= 0.6 is 0 Å². The molecule has 0 amide bonds. The molecule has 0 fully saturated rings. The molecule has 1 N–H and O–H groups in total. The number of hydrogen-bond acceptors (Lipinski definition) is 2. The summed E-state index contributed by atoms with van der Waals surface area (Å²) in [6.07, 6.45) is 0.0735. The van der Waals surface area contributed by atoms with E-state index in [9.17, 15) is 5.11 Å². The predicted octanol–water partition coefficient (Wildman–Crippen LogP) is 5.39. The number of hydrogen-bond donors (Lipinski definition) is 1. The highest BCUT2D eigenvalue weighted by molar-refractivity contribution is 5.73. The molecule has 3 aromatic rings. The Morgan fingerprint density at radius 1 is 0.846 bits per heavy atom. The van der Waals surface area contributed by atoms with E-state index in [0.29, 0.717) is 6.42 Å². The molecule has 0 radical (unpaired) electrons. The highest BCUT2D eigenvalue weighted by Crippen LogP contribution is 2.47. The van der Waals surface area contributed by atoms with Crippen LogP contribution in [0.1, 0.15) is 36.0 Å². The maximum Gasteiger partial charge on any atom is 0.137 e. The zero-order valence-corrected chi connectivity index (χ0v) is 14.8. The van der Waals surface area contributed by atoms with Crippen LogP contribution in [0.3, 0.4) is 0 Å². The Morgan fingerprint density at radius 2 is 1.46 bits per heavy atom. The standard InChI is InChI=1S/C24H22O2/c1-2-20(25)23-22(17-11-5-3-6-12-17)19-15-9-10-16-21(19)26-24(23)18-13-7-4-8-14-18/h3-16,20,22,25H,2H2,1H3/t20-,22-/m1/s1. The quantitative estimate of drug-likeness (QED) is 0.688. The van der Waals surface area contributed by atoms with Gasteiger partial charge < -0.3 is 9.84 Å². The summed E-state index contributed by atoms with van der Waals surface area (Å²) < 4.78 is 6.32. The summed E-state index contributed by atoms with van der Waals surface area (Å²) in [5.41, 5.74) is 4.19. The van der Waals surface area contributed by atoms with Crippen molar-refractivity contribution in [3.05, 3.63) is 107 Å². The molecule has 26 heavy (non-hydrogen) atoms. The fraction of sp³-hybridized carbons (Fsp3) is 0.167. The molecule has 0 saturated carbocycles. The minimum atomic E-state index is -0.566. The zero-order chi connectivity index (χ0) is 17.9. The second kappa shape index (κ2) is 7.19. The van der Waals surface area contributed by atoms with E-state index in [0.717, 1.165) is 28.2 Å². The Bertz CT molecular complexity index is 913. The number of fused-ring (bicyclic) bond motifs is 1. The van der Waals surface area contributed by atoms with Gasteiger partial charge in [-0.2, -0.15) is 0 Å². The first kappa shape index (κ1) is 16.6. The van der Waals surface area contributed by atoms with Gasteiger partial charge in [-0.3, -0.25) is 0 Å². The second-order valence-corrected chi connectivity index (χ2v) is 6.56. The van der Waals surface area contributed by atoms with Gasteiger partial charge in [0, 0.05) is 22.6 Å². The second-order valence-electron chi connectivity index (χ2n) is 6.56. The van der Waals surface area contributed by atoms with Crippen molar-refractivity contribution in [3.8, 4) is 5.75 Å². The predicted molar refractivity (Wildman–Crippen MR) is 105 cm³/mol. The van der Waals surface area contributed by atoms with Gasteiger partial charge in [0.2, 0.25) is 0 Å². The van der Waals surface area contributed by atoms with Crippen LogP contribution in [0, 0.1) is 0 Å². The van der Waals surface area contributed by atoms with Crippen molar-refractivity contribution in [2.45, 2.75) is 25.4 Å². The number of benzene rings is 3. The van der Waals surface area contributed by atoms with Crippen LogP contribution in [0.5, 0.6) is 5.75 Å². The van der Waals surface area contributed by atoms with Crippen LogP contribution < -0.4 is 4.74 Å². The van der Waals surface area contributed by atoms with E-state index in [1.807, 2.05) is 73.7 Å². The number of aliphatic hydroxyl groups is 1. The molecule has 2 nitrogen and oxygen atoms in total. The first-order valence-corrected chi connectivity index (χ1v) is 9.09. The third-order valence-electron chi connectivity index (χ3n) is 4.93. The maximum atomic E-state index is 10.9. The summed E-state index contributed by atoms with van der Waals surface area (Å²) in [6, 6.07) is 28.5. The van der Waals surface area contributed by atoms with E-state index in [4.69, 9.17) is 4.74 Å². The van der Waals surface area contributed by atoms with Crippen LogP contribution in [0.15, 0.2) is 90.5 Å². The lowest BCUT2D eigenvalue weighted by molar-refractivity contribution is 0.197. The monoisotopic (exact) mass is 342 g/mol. The third-order valence-corrected chi connectivity index (χ3v) is 4.93. The van der Waals surface area contributed by atoms with E-state index < -0.39 is 6.10 Å². The molecule has 0 spiro atoms. The summed E-state index contributed by atoms with van der Waals surface area (Å²) in [5, 5.41) is 10.9. The molecular formula is C24H22O2. The van der Waals surface area contributed by atoms with Crippen LogP contribution in [0.4, 0.5) is 0 Å². The smallest absolute Gasteiger partial charge is 0.137 e. The molecule has 130 valence electrons. The van der Waals surface area contributed by atoms with Crippen molar-refractivity contribution >= 4 is 5.76 Å². The van der Waals surface area contributed by atoms with E-state index in [2.05, 4.69) is 18.2 Å². The molecule has 2 atom stereocenters. The number of rotatable bonds is 4. The van der Waals surface area contributed by atoms with Crippen molar-refractivity contribution in [3.63, 3.8) is 0 Å². The van der Waals surface area contributed by atoms with E-state index >= 15 is 0 Å². The lowest BCUT2D eigenvalue weighted by atomic mass is 9.78. The first-order chi connectivity index (χ1) is 12.8. The Labute approximate surface area is 154 Å². The Balaban J connectivity index is 1.99. The molecule has 1 heterocycles. The average Bonchev–Trinajstić information content (AvgIpc) is 2.73. The topological polar surface area (TPSA) is 29.5 Å². The summed E-state index contributed by atoms with van der Waals surface area (Å²) in [7, 11) is 0. The van der Waals surface area contributed by atoms with Gasteiger partial charge in [-0.15, -0.1) is 0 Å². The molecule has 3 aromatic carbocycles. The number of para-hydroxylation sites is 1. The summed E-state index contributed by atoms with van der Waals surface area (Å²) in [5.74, 6) is 1.60. The largest absolute Gasteiger partial charge is 0.456 e. The molecule has 0 saturated heterocycles. The maximum absolute atomic E-state index is 10.9. The summed E-state index contributed by atoms with van der Waals surface area (Å²) >= 11 is 0. The van der Waals surface area contributed by atoms with Gasteiger partial charge in [-0.05, 0) is 18.1 Å². The minimum absolute atomic E-state index is 0.0219. The van der Waals surface area contributed by atoms with Gasteiger partial charge in [0.15, 0.2) is 0 Å². The zero-order valence-electron chi connectivity index (χ0n) is 14.8. The van der Waals surface area contributed by atoms with Crippen LogP contribution in [0.25, 0.3) is 5.76 Å². The molecule has 1 aliphatic heterocycles. The van der Waals surface area contributed by atoms with Crippen LogP contribution in [0.2, 0.25) is 0 Å². The number of aliphatic hydroxyl groups excluding tert-OH is 1. The molecule has 1 aliphatic rings. The van der Waals surface area contributed by atoms with Gasteiger partial charge in [0.25, 0.3) is 0 Å². The molecule has 0 bridgehead atoms. The molecule has 0 unspecified atom stereocenters. The van der Waals surface area contributed by atoms with Crippen LogP contribution in [-0.4, -0.2) is 11.2 Å². The van der Waals surface area contributed by atoms with Crippen molar-refractivity contribution in [1.82, 2.24) is 0 Å². The molecular weight excluding hydrogens is 320 g/mol. The van der Waals surface area contributed by atoms with E-state index in [1.54, 1.807) is 0 Å². The van der Waals surface area contributed by atoms with Gasteiger partial charge in [0.1, 0.15) is 11.5 Å². The highest BCUT2D eigenvalue weighted by Gasteiger charge is 2.34. The van der Waals surface area contributed by atoms with Gasteiger partial charge >= 0.3 is 0 Å². The average molecular weight is 342 g/mol. The van der Waals surface area contributed by atoms with Crippen LogP contribution in [-0.2, 0) is 0 Å². The van der Waals surface area contributed by atoms with E-state index in [-0.39, 0.29) is 5.92 Å². The molecule has 2 heteroatoms. The Kier molecular flexibility index (Phi) is 4.59. The van der Waals surface area contributed by atoms with Crippen molar-refractivity contribution in [2.75, 3.05) is 0 Å². The summed E-state index contributed by atoms with van der Waals surface area (Å²) in [6.45, 7) is 2.00. The first-order valence-electron chi connectivity index (χ1n) is 9.09. The summed E-state index contributed by atoms with van der Waals surface area (Å²) in [4.78, 5) is 0. The highest BCUT2D eigenvalue weighted by atomic mass is 16.5. The van der Waals surface area contributed by atoms with Gasteiger partial charge in [-0.1, -0.05) is 85.8 Å². The molecule has 0 aromatic heterocycles. The SMILES string of the molecule is CC[C@@H](O)C1=C(c2ccccc2)Oc2ccccc2[C@H]1c1ccccc1.